The van der Waals surface area contributed by atoms with Crippen molar-refractivity contribution in [3.63, 3.8) is 0 Å². The third-order valence-corrected chi connectivity index (χ3v) is 5.80. The molecule has 1 aromatic heterocycles. The molecule has 0 atom stereocenters. The Hall–Kier alpha value is -3.40. The molecule has 3 amide bonds. The van der Waals surface area contributed by atoms with Gasteiger partial charge in [0.15, 0.2) is 0 Å². The van der Waals surface area contributed by atoms with Crippen molar-refractivity contribution in [3.8, 4) is 0 Å². The van der Waals surface area contributed by atoms with E-state index in [-0.39, 0.29) is 35.5 Å². The molecule has 0 fully saturated rings. The van der Waals surface area contributed by atoms with E-state index in [9.17, 15) is 19.2 Å². The minimum absolute atomic E-state index is 0.103. The Morgan fingerprint density at radius 2 is 1.78 bits per heavy atom. The van der Waals surface area contributed by atoms with Crippen molar-refractivity contribution >= 4 is 45.7 Å². The van der Waals surface area contributed by atoms with E-state index in [1.807, 2.05) is 13.8 Å². The van der Waals surface area contributed by atoms with Gasteiger partial charge in [-0.15, -0.1) is 11.3 Å². The van der Waals surface area contributed by atoms with Crippen molar-refractivity contribution in [2.45, 2.75) is 27.7 Å². The van der Waals surface area contributed by atoms with Crippen molar-refractivity contribution in [1.29, 1.82) is 0 Å². The minimum Gasteiger partial charge on any atom is -0.462 e. The Morgan fingerprint density at radius 1 is 1.06 bits per heavy atom. The molecule has 1 aromatic carbocycles. The normalized spacial score (nSPS) is 10.3. The SMILES string of the molecule is CCNC(=O)c1ccc(C)c(NCC(=O)Nc2sc(C(=O)NC)c(C)c2C(=O)OCC)c1. The van der Waals surface area contributed by atoms with Crippen molar-refractivity contribution in [3.05, 3.63) is 45.3 Å². The van der Waals surface area contributed by atoms with Crippen LogP contribution < -0.4 is 21.3 Å². The zero-order valence-corrected chi connectivity index (χ0v) is 19.6. The van der Waals surface area contributed by atoms with Gasteiger partial charge in [-0.1, -0.05) is 6.07 Å². The van der Waals surface area contributed by atoms with E-state index in [4.69, 9.17) is 4.74 Å². The predicted molar refractivity (Wildman–Crippen MR) is 125 cm³/mol. The molecule has 4 N–H and O–H groups in total. The summed E-state index contributed by atoms with van der Waals surface area (Å²) in [4.78, 5) is 49.6. The maximum absolute atomic E-state index is 12.6. The summed E-state index contributed by atoms with van der Waals surface area (Å²) in [5.74, 6) is -1.57. The molecule has 10 heteroatoms. The van der Waals surface area contributed by atoms with Crippen molar-refractivity contribution in [2.24, 2.45) is 0 Å². The van der Waals surface area contributed by atoms with Crippen molar-refractivity contribution in [1.82, 2.24) is 10.6 Å². The number of hydrogen-bond acceptors (Lipinski definition) is 7. The Labute approximate surface area is 190 Å². The molecule has 0 aliphatic carbocycles. The molecule has 0 aliphatic rings. The van der Waals surface area contributed by atoms with Crippen LogP contribution in [0.1, 0.15) is 55.4 Å². The van der Waals surface area contributed by atoms with Crippen LogP contribution in [0.15, 0.2) is 18.2 Å². The van der Waals surface area contributed by atoms with Gasteiger partial charge in [0.05, 0.1) is 23.6 Å². The summed E-state index contributed by atoms with van der Waals surface area (Å²) in [5, 5.41) is 11.2. The maximum atomic E-state index is 12.6. The first-order chi connectivity index (χ1) is 15.2. The molecular weight excluding hydrogens is 432 g/mol. The van der Waals surface area contributed by atoms with Crippen LogP contribution in [0.3, 0.4) is 0 Å². The number of esters is 1. The van der Waals surface area contributed by atoms with Crippen molar-refractivity contribution in [2.75, 3.05) is 37.4 Å². The molecule has 0 spiro atoms. The van der Waals surface area contributed by atoms with Gasteiger partial charge in [0.2, 0.25) is 5.91 Å². The zero-order valence-electron chi connectivity index (χ0n) is 18.8. The first-order valence-electron chi connectivity index (χ1n) is 10.2. The topological polar surface area (TPSA) is 126 Å². The third kappa shape index (κ3) is 5.85. The first kappa shape index (κ1) is 24.9. The van der Waals surface area contributed by atoms with Crippen LogP contribution >= 0.6 is 11.3 Å². The number of benzene rings is 1. The van der Waals surface area contributed by atoms with E-state index in [0.717, 1.165) is 16.9 Å². The number of amides is 3. The highest BCUT2D eigenvalue weighted by atomic mass is 32.1. The van der Waals surface area contributed by atoms with Gasteiger partial charge in [-0.05, 0) is 51.0 Å². The van der Waals surface area contributed by atoms with Crippen LogP contribution in [-0.2, 0) is 9.53 Å². The second kappa shape index (κ2) is 11.3. The number of aryl methyl sites for hydroxylation is 1. The number of thiophene rings is 1. The molecule has 1 heterocycles. The summed E-state index contributed by atoms with van der Waals surface area (Å²) in [6, 6.07) is 5.19. The smallest absolute Gasteiger partial charge is 0.341 e. The summed E-state index contributed by atoms with van der Waals surface area (Å²) in [6.45, 7) is 7.59. The van der Waals surface area contributed by atoms with Gasteiger partial charge in [-0.25, -0.2) is 4.79 Å². The van der Waals surface area contributed by atoms with E-state index in [2.05, 4.69) is 21.3 Å². The van der Waals surface area contributed by atoms with Gasteiger partial charge < -0.3 is 26.0 Å². The standard InChI is InChI=1S/C22H28N4O5S/c1-6-24-19(28)14-9-8-12(3)15(10-14)25-11-16(27)26-21-17(22(30)31-7-2)13(4)18(32-21)20(29)23-5/h8-10,25H,6-7,11H2,1-5H3,(H,23,29)(H,24,28)(H,26,27). The Kier molecular flexibility index (Phi) is 8.77. The summed E-state index contributed by atoms with van der Waals surface area (Å²) >= 11 is 1.01. The number of ether oxygens (including phenoxy) is 1. The number of rotatable bonds is 9. The molecular formula is C22H28N4O5S. The van der Waals surface area contributed by atoms with Crippen LogP contribution in [0, 0.1) is 13.8 Å². The molecule has 0 bridgehead atoms. The number of carbonyl (C=O) groups excluding carboxylic acids is 4. The largest absolute Gasteiger partial charge is 0.462 e. The van der Waals surface area contributed by atoms with Gasteiger partial charge >= 0.3 is 5.97 Å². The monoisotopic (exact) mass is 460 g/mol. The van der Waals surface area contributed by atoms with Crippen LogP contribution in [-0.4, -0.2) is 50.4 Å². The molecule has 0 saturated heterocycles. The predicted octanol–water partition coefficient (Wildman–Crippen LogP) is 2.70. The molecule has 0 aliphatic heterocycles. The van der Waals surface area contributed by atoms with Gasteiger partial charge in [0.1, 0.15) is 5.00 Å². The fraction of sp³-hybridized carbons (Fsp3) is 0.364. The number of nitrogens with one attached hydrogen (secondary N) is 4. The molecule has 0 radical (unpaired) electrons. The lowest BCUT2D eigenvalue weighted by molar-refractivity contribution is -0.114. The highest BCUT2D eigenvalue weighted by Crippen LogP contribution is 2.33. The minimum atomic E-state index is -0.606. The summed E-state index contributed by atoms with van der Waals surface area (Å²) in [6.07, 6.45) is 0. The van der Waals surface area contributed by atoms with Crippen LogP contribution in [0.4, 0.5) is 10.7 Å². The van der Waals surface area contributed by atoms with Gasteiger partial charge in [0.25, 0.3) is 11.8 Å². The number of anilines is 2. The number of hydrogen-bond donors (Lipinski definition) is 4. The molecule has 0 saturated carbocycles. The Morgan fingerprint density at radius 3 is 2.41 bits per heavy atom. The van der Waals surface area contributed by atoms with E-state index in [0.29, 0.717) is 28.2 Å². The van der Waals surface area contributed by atoms with Crippen LogP contribution in [0.5, 0.6) is 0 Å². The first-order valence-corrected chi connectivity index (χ1v) is 11.0. The summed E-state index contributed by atoms with van der Waals surface area (Å²) in [5.41, 5.74) is 2.60. The average Bonchev–Trinajstić information content (AvgIpc) is 3.08. The second-order valence-electron chi connectivity index (χ2n) is 6.85. The zero-order chi connectivity index (χ0) is 23.8. The second-order valence-corrected chi connectivity index (χ2v) is 7.87. The molecule has 0 unspecified atom stereocenters. The average molecular weight is 461 g/mol. The third-order valence-electron chi connectivity index (χ3n) is 4.59. The van der Waals surface area contributed by atoms with Crippen LogP contribution in [0.25, 0.3) is 0 Å². The lowest BCUT2D eigenvalue weighted by Crippen LogP contribution is -2.24. The van der Waals surface area contributed by atoms with Gasteiger partial charge in [0, 0.05) is 24.8 Å². The molecule has 2 aromatic rings. The van der Waals surface area contributed by atoms with Gasteiger partial charge in [-0.3, -0.25) is 14.4 Å². The fourth-order valence-corrected chi connectivity index (χ4v) is 4.10. The number of carbonyl (C=O) groups is 4. The Balaban J connectivity index is 2.19. The lowest BCUT2D eigenvalue weighted by Gasteiger charge is -2.12. The van der Waals surface area contributed by atoms with Gasteiger partial charge in [-0.2, -0.15) is 0 Å². The highest BCUT2D eigenvalue weighted by Gasteiger charge is 2.26. The lowest BCUT2D eigenvalue weighted by atomic mass is 10.1. The molecule has 2 rings (SSSR count). The van der Waals surface area contributed by atoms with E-state index in [1.165, 1.54) is 7.05 Å². The quantitative estimate of drug-likeness (QED) is 0.427. The van der Waals surface area contributed by atoms with E-state index >= 15 is 0 Å². The highest BCUT2D eigenvalue weighted by molar-refractivity contribution is 7.18. The summed E-state index contributed by atoms with van der Waals surface area (Å²) < 4.78 is 5.09. The van der Waals surface area contributed by atoms with Crippen LogP contribution in [0.2, 0.25) is 0 Å². The summed E-state index contributed by atoms with van der Waals surface area (Å²) in [7, 11) is 1.49. The van der Waals surface area contributed by atoms with E-state index in [1.54, 1.807) is 32.0 Å². The molecule has 9 nitrogen and oxygen atoms in total. The van der Waals surface area contributed by atoms with Crippen molar-refractivity contribution < 1.29 is 23.9 Å². The Bertz CT molecular complexity index is 1030. The maximum Gasteiger partial charge on any atom is 0.341 e. The molecule has 172 valence electrons. The fourth-order valence-electron chi connectivity index (χ4n) is 2.94. The molecule has 32 heavy (non-hydrogen) atoms. The van der Waals surface area contributed by atoms with E-state index < -0.39 is 11.9 Å².